The molecule has 0 aliphatic rings. The third kappa shape index (κ3) is 3.34. The highest BCUT2D eigenvalue weighted by molar-refractivity contribution is 7.08. The molecule has 0 saturated heterocycles. The van der Waals surface area contributed by atoms with Crippen LogP contribution in [0.4, 0.5) is 0 Å². The van der Waals surface area contributed by atoms with E-state index in [9.17, 15) is 9.59 Å². The molecule has 0 unspecified atom stereocenters. The molecule has 5 nitrogen and oxygen atoms in total. The Bertz CT molecular complexity index is 336. The lowest BCUT2D eigenvalue weighted by Crippen LogP contribution is -2.41. The Morgan fingerprint density at radius 3 is 2.73 bits per heavy atom. The predicted octanol–water partition coefficient (Wildman–Crippen LogP) is 0.313. The highest BCUT2D eigenvalue weighted by Crippen LogP contribution is 2.06. The molecule has 0 aromatic carbocycles. The fourth-order valence-electron chi connectivity index (χ4n) is 1.02. The number of carbonyl (C=O) groups excluding carboxylic acids is 1. The third-order valence-electron chi connectivity index (χ3n) is 1.80. The first-order valence-electron chi connectivity index (χ1n) is 4.32. The number of rotatable bonds is 5. The van der Waals surface area contributed by atoms with E-state index in [4.69, 9.17) is 10.2 Å². The van der Waals surface area contributed by atoms with Gasteiger partial charge in [0.1, 0.15) is 6.04 Å². The van der Waals surface area contributed by atoms with Crippen LogP contribution < -0.4 is 5.32 Å². The fourth-order valence-corrected chi connectivity index (χ4v) is 1.66. The number of amides is 1. The van der Waals surface area contributed by atoms with Crippen LogP contribution in [0.5, 0.6) is 0 Å². The summed E-state index contributed by atoms with van der Waals surface area (Å²) in [6.07, 6.45) is 0.00517. The summed E-state index contributed by atoms with van der Waals surface area (Å²) in [5, 5.41) is 23.0. The molecule has 1 aromatic rings. The van der Waals surface area contributed by atoms with Crippen LogP contribution in [0.3, 0.4) is 0 Å². The lowest BCUT2D eigenvalue weighted by molar-refractivity contribution is -0.139. The van der Waals surface area contributed by atoms with Crippen LogP contribution in [-0.2, 0) is 4.79 Å². The molecule has 6 heteroatoms. The van der Waals surface area contributed by atoms with Gasteiger partial charge in [0.2, 0.25) is 0 Å². The molecule has 1 atom stereocenters. The number of aliphatic hydroxyl groups is 1. The summed E-state index contributed by atoms with van der Waals surface area (Å²) >= 11 is 1.36. The molecule has 0 saturated carbocycles. The average molecular weight is 229 g/mol. The average Bonchev–Trinajstić information content (AvgIpc) is 2.69. The summed E-state index contributed by atoms with van der Waals surface area (Å²) in [7, 11) is 0. The number of aliphatic carboxylic acids is 1. The molecule has 1 rings (SSSR count). The third-order valence-corrected chi connectivity index (χ3v) is 2.49. The molecule has 3 N–H and O–H groups in total. The summed E-state index contributed by atoms with van der Waals surface area (Å²) in [4.78, 5) is 22.1. The van der Waals surface area contributed by atoms with Crippen molar-refractivity contribution >= 4 is 23.2 Å². The smallest absolute Gasteiger partial charge is 0.326 e. The minimum absolute atomic E-state index is 0.00517. The van der Waals surface area contributed by atoms with Crippen LogP contribution in [-0.4, -0.2) is 34.7 Å². The number of aliphatic hydroxyl groups excluding tert-OH is 1. The van der Waals surface area contributed by atoms with Crippen molar-refractivity contribution in [3.8, 4) is 0 Å². The molecule has 0 aliphatic carbocycles. The highest BCUT2D eigenvalue weighted by atomic mass is 32.1. The molecular formula is C9H11NO4S. The van der Waals surface area contributed by atoms with Gasteiger partial charge in [-0.25, -0.2) is 4.79 Å². The molecule has 0 fully saturated rings. The van der Waals surface area contributed by atoms with Gasteiger partial charge in [-0.2, -0.15) is 11.3 Å². The van der Waals surface area contributed by atoms with Crippen molar-refractivity contribution in [2.45, 2.75) is 12.5 Å². The van der Waals surface area contributed by atoms with E-state index in [0.29, 0.717) is 5.56 Å². The second-order valence-electron chi connectivity index (χ2n) is 2.89. The normalized spacial score (nSPS) is 12.1. The molecule has 82 valence electrons. The SMILES string of the molecule is O=C(N[C@@H](CCO)C(=O)O)c1ccsc1. The molecule has 0 aliphatic heterocycles. The maximum Gasteiger partial charge on any atom is 0.326 e. The van der Waals surface area contributed by atoms with Crippen molar-refractivity contribution in [1.29, 1.82) is 0 Å². The van der Waals surface area contributed by atoms with E-state index < -0.39 is 17.9 Å². The lowest BCUT2D eigenvalue weighted by Gasteiger charge is -2.12. The summed E-state index contributed by atoms with van der Waals surface area (Å²) < 4.78 is 0. The van der Waals surface area contributed by atoms with E-state index in [-0.39, 0.29) is 13.0 Å². The van der Waals surface area contributed by atoms with Crippen LogP contribution >= 0.6 is 11.3 Å². The predicted molar refractivity (Wildman–Crippen MR) is 54.9 cm³/mol. The number of nitrogens with one attached hydrogen (secondary N) is 1. The molecular weight excluding hydrogens is 218 g/mol. The van der Waals surface area contributed by atoms with E-state index in [1.807, 2.05) is 0 Å². The van der Waals surface area contributed by atoms with E-state index in [0.717, 1.165) is 0 Å². The molecule has 0 radical (unpaired) electrons. The van der Waals surface area contributed by atoms with Gasteiger partial charge in [0.25, 0.3) is 5.91 Å². The summed E-state index contributed by atoms with van der Waals surface area (Å²) in [6.45, 7) is -0.277. The summed E-state index contributed by atoms with van der Waals surface area (Å²) in [5.41, 5.74) is 0.434. The van der Waals surface area contributed by atoms with Gasteiger partial charge in [0.15, 0.2) is 0 Å². The Labute approximate surface area is 90.4 Å². The van der Waals surface area contributed by atoms with E-state index >= 15 is 0 Å². The van der Waals surface area contributed by atoms with Gasteiger partial charge in [0.05, 0.1) is 5.56 Å². The monoisotopic (exact) mass is 229 g/mol. The van der Waals surface area contributed by atoms with Gasteiger partial charge in [-0.15, -0.1) is 0 Å². The maximum atomic E-state index is 11.4. The Kier molecular flexibility index (Phi) is 4.26. The quantitative estimate of drug-likeness (QED) is 0.678. The number of carboxylic acids is 1. The highest BCUT2D eigenvalue weighted by Gasteiger charge is 2.19. The lowest BCUT2D eigenvalue weighted by atomic mass is 10.2. The molecule has 15 heavy (non-hydrogen) atoms. The first-order valence-corrected chi connectivity index (χ1v) is 5.26. The van der Waals surface area contributed by atoms with Gasteiger partial charge < -0.3 is 15.5 Å². The molecule has 1 heterocycles. The molecule has 1 aromatic heterocycles. The van der Waals surface area contributed by atoms with Crippen molar-refractivity contribution in [2.75, 3.05) is 6.61 Å². The fraction of sp³-hybridized carbons (Fsp3) is 0.333. The standard InChI is InChI=1S/C9H11NO4S/c11-3-1-7(9(13)14)10-8(12)6-2-4-15-5-6/h2,4-5,7,11H,1,3H2,(H,10,12)(H,13,14)/t7-/m0/s1. The summed E-state index contributed by atoms with van der Waals surface area (Å²) in [5.74, 6) is -1.58. The largest absolute Gasteiger partial charge is 0.480 e. The minimum Gasteiger partial charge on any atom is -0.480 e. The Hall–Kier alpha value is -1.40. The van der Waals surface area contributed by atoms with Crippen LogP contribution in [0.2, 0.25) is 0 Å². The van der Waals surface area contributed by atoms with Crippen molar-refractivity contribution in [3.63, 3.8) is 0 Å². The van der Waals surface area contributed by atoms with Gasteiger partial charge in [-0.3, -0.25) is 4.79 Å². The number of thiophene rings is 1. The van der Waals surface area contributed by atoms with Gasteiger partial charge in [-0.1, -0.05) is 0 Å². The number of hydrogen-bond acceptors (Lipinski definition) is 4. The van der Waals surface area contributed by atoms with Crippen LogP contribution in [0.15, 0.2) is 16.8 Å². The van der Waals surface area contributed by atoms with E-state index in [1.54, 1.807) is 16.8 Å². The van der Waals surface area contributed by atoms with E-state index in [1.165, 1.54) is 11.3 Å². The van der Waals surface area contributed by atoms with Crippen molar-refractivity contribution in [1.82, 2.24) is 5.32 Å². The van der Waals surface area contributed by atoms with Crippen LogP contribution in [0.1, 0.15) is 16.8 Å². The van der Waals surface area contributed by atoms with Crippen molar-refractivity contribution in [3.05, 3.63) is 22.4 Å². The first kappa shape index (κ1) is 11.7. The second kappa shape index (κ2) is 5.47. The van der Waals surface area contributed by atoms with E-state index in [2.05, 4.69) is 5.32 Å². The number of carbonyl (C=O) groups is 2. The first-order chi connectivity index (χ1) is 7.15. The topological polar surface area (TPSA) is 86.6 Å². The minimum atomic E-state index is -1.15. The zero-order valence-electron chi connectivity index (χ0n) is 7.84. The van der Waals surface area contributed by atoms with Crippen molar-refractivity contribution < 1.29 is 19.8 Å². The van der Waals surface area contributed by atoms with Gasteiger partial charge in [0, 0.05) is 18.4 Å². The van der Waals surface area contributed by atoms with Crippen LogP contribution in [0.25, 0.3) is 0 Å². The molecule has 1 amide bonds. The van der Waals surface area contributed by atoms with Crippen molar-refractivity contribution in [2.24, 2.45) is 0 Å². The summed E-state index contributed by atoms with van der Waals surface area (Å²) in [6, 6.07) is 0.570. The zero-order chi connectivity index (χ0) is 11.3. The number of hydrogen-bond donors (Lipinski definition) is 3. The maximum absolute atomic E-state index is 11.4. The second-order valence-corrected chi connectivity index (χ2v) is 3.67. The number of carboxylic acid groups (broad SMARTS) is 1. The molecule has 0 bridgehead atoms. The van der Waals surface area contributed by atoms with Gasteiger partial charge >= 0.3 is 5.97 Å². The Morgan fingerprint density at radius 2 is 2.27 bits per heavy atom. The molecule has 0 spiro atoms. The van der Waals surface area contributed by atoms with Crippen LogP contribution in [0, 0.1) is 0 Å². The zero-order valence-corrected chi connectivity index (χ0v) is 8.66. The Balaban J connectivity index is 2.59. The Morgan fingerprint density at radius 1 is 1.53 bits per heavy atom. The van der Waals surface area contributed by atoms with Gasteiger partial charge in [-0.05, 0) is 11.4 Å².